The number of aliphatic imine (C=N–C) groups is 1. The lowest BCUT2D eigenvalue weighted by Gasteiger charge is -2.15. The molecule has 0 spiro atoms. The van der Waals surface area contributed by atoms with E-state index in [2.05, 4.69) is 26.3 Å². The number of rotatable bonds is 7. The quantitative estimate of drug-likeness (QED) is 0.444. The minimum Gasteiger partial charge on any atom is -0.376 e. The largest absolute Gasteiger partial charge is 0.376 e. The predicted octanol–water partition coefficient (Wildman–Crippen LogP) is 2.45. The van der Waals surface area contributed by atoms with E-state index in [-0.39, 0.29) is 18.2 Å². The van der Waals surface area contributed by atoms with Gasteiger partial charge in [-0.25, -0.2) is 9.79 Å². The lowest BCUT2D eigenvalue weighted by molar-refractivity contribution is 0.114. The number of carbonyl (C=O) groups excluding carboxylic acids is 1. The van der Waals surface area contributed by atoms with Gasteiger partial charge < -0.3 is 26.0 Å². The highest BCUT2D eigenvalue weighted by Crippen LogP contribution is 2.11. The smallest absolute Gasteiger partial charge is 0.319 e. The number of amides is 2. The first kappa shape index (κ1) is 20.0. The van der Waals surface area contributed by atoms with Crippen LogP contribution in [0.15, 0.2) is 29.3 Å². The summed E-state index contributed by atoms with van der Waals surface area (Å²) in [6, 6.07) is 7.62. The van der Waals surface area contributed by atoms with Crippen LogP contribution in [-0.4, -0.2) is 43.8 Å². The molecule has 1 saturated heterocycles. The second kappa shape index (κ2) is 10.7. The standard InChI is InChI=1S/C19H31N5O2/c1-4-20-18(22-13-17-6-5-11-26-17)21-12-15-7-9-16(10-8-15)24-19(25)23-14(2)3/h7-10,14,17H,4-6,11-13H2,1-3H3,(H2,20,21,22)(H2,23,24,25). The van der Waals surface area contributed by atoms with Crippen molar-refractivity contribution in [3.8, 4) is 0 Å². The maximum atomic E-state index is 11.7. The molecule has 1 atom stereocenters. The second-order valence-corrected chi connectivity index (χ2v) is 6.66. The molecule has 4 N–H and O–H groups in total. The van der Waals surface area contributed by atoms with Gasteiger partial charge >= 0.3 is 6.03 Å². The van der Waals surface area contributed by atoms with Crippen LogP contribution in [0.5, 0.6) is 0 Å². The highest BCUT2D eigenvalue weighted by Gasteiger charge is 2.15. The molecule has 1 unspecified atom stereocenters. The molecule has 2 rings (SSSR count). The molecule has 26 heavy (non-hydrogen) atoms. The Balaban J connectivity index is 1.84. The number of carbonyl (C=O) groups is 1. The van der Waals surface area contributed by atoms with Gasteiger partial charge in [0, 0.05) is 31.4 Å². The summed E-state index contributed by atoms with van der Waals surface area (Å²) >= 11 is 0. The summed E-state index contributed by atoms with van der Waals surface area (Å²) in [5.41, 5.74) is 1.84. The van der Waals surface area contributed by atoms with E-state index < -0.39 is 0 Å². The van der Waals surface area contributed by atoms with E-state index >= 15 is 0 Å². The van der Waals surface area contributed by atoms with Crippen LogP contribution in [0.1, 0.15) is 39.2 Å². The Kier molecular flexibility index (Phi) is 8.21. The molecule has 0 aromatic heterocycles. The fourth-order valence-corrected chi connectivity index (χ4v) is 2.65. The first-order valence-electron chi connectivity index (χ1n) is 9.37. The Morgan fingerprint density at radius 3 is 2.65 bits per heavy atom. The van der Waals surface area contributed by atoms with Gasteiger partial charge in [-0.05, 0) is 51.3 Å². The number of benzene rings is 1. The highest BCUT2D eigenvalue weighted by atomic mass is 16.5. The Labute approximate surface area is 156 Å². The maximum Gasteiger partial charge on any atom is 0.319 e. The molecule has 0 radical (unpaired) electrons. The average Bonchev–Trinajstić information content (AvgIpc) is 3.11. The Morgan fingerprint density at radius 2 is 2.04 bits per heavy atom. The summed E-state index contributed by atoms with van der Waals surface area (Å²) in [7, 11) is 0. The summed E-state index contributed by atoms with van der Waals surface area (Å²) in [6.45, 7) is 8.91. The van der Waals surface area contributed by atoms with Crippen LogP contribution in [0, 0.1) is 0 Å². The average molecular weight is 361 g/mol. The number of hydrogen-bond donors (Lipinski definition) is 4. The zero-order valence-corrected chi connectivity index (χ0v) is 16.0. The number of guanidine groups is 1. The van der Waals surface area contributed by atoms with Crippen molar-refractivity contribution in [1.29, 1.82) is 0 Å². The third-order valence-electron chi connectivity index (χ3n) is 3.92. The number of ether oxygens (including phenoxy) is 1. The van der Waals surface area contributed by atoms with E-state index in [0.717, 1.165) is 49.7 Å². The molecule has 0 aliphatic carbocycles. The first-order chi connectivity index (χ1) is 12.6. The normalized spacial score (nSPS) is 17.2. The molecule has 0 bridgehead atoms. The maximum absolute atomic E-state index is 11.7. The van der Waals surface area contributed by atoms with Crippen molar-refractivity contribution in [3.63, 3.8) is 0 Å². The van der Waals surface area contributed by atoms with Gasteiger partial charge in [-0.1, -0.05) is 12.1 Å². The molecule has 1 heterocycles. The zero-order valence-electron chi connectivity index (χ0n) is 16.0. The third kappa shape index (κ3) is 7.31. The van der Waals surface area contributed by atoms with Crippen LogP contribution in [0.4, 0.5) is 10.5 Å². The van der Waals surface area contributed by atoms with Crippen LogP contribution in [0.2, 0.25) is 0 Å². The minimum absolute atomic E-state index is 0.107. The van der Waals surface area contributed by atoms with Gasteiger partial charge in [0.05, 0.1) is 12.6 Å². The molecule has 1 aliphatic heterocycles. The fraction of sp³-hybridized carbons (Fsp3) is 0.579. The number of anilines is 1. The van der Waals surface area contributed by atoms with Crippen molar-refractivity contribution in [2.45, 2.75) is 52.3 Å². The number of urea groups is 1. The van der Waals surface area contributed by atoms with Crippen molar-refractivity contribution in [2.75, 3.05) is 25.0 Å². The summed E-state index contributed by atoms with van der Waals surface area (Å²) < 4.78 is 5.63. The van der Waals surface area contributed by atoms with E-state index in [1.54, 1.807) is 0 Å². The summed E-state index contributed by atoms with van der Waals surface area (Å²) in [4.78, 5) is 16.3. The van der Waals surface area contributed by atoms with Gasteiger partial charge in [-0.15, -0.1) is 0 Å². The molecule has 1 fully saturated rings. The lowest BCUT2D eigenvalue weighted by Crippen LogP contribution is -2.41. The number of nitrogens with one attached hydrogen (secondary N) is 4. The Bertz CT molecular complexity index is 580. The van der Waals surface area contributed by atoms with Crippen LogP contribution in [0.3, 0.4) is 0 Å². The van der Waals surface area contributed by atoms with Crippen molar-refractivity contribution in [1.82, 2.24) is 16.0 Å². The predicted molar refractivity (Wildman–Crippen MR) is 106 cm³/mol. The van der Waals surface area contributed by atoms with E-state index in [9.17, 15) is 4.79 Å². The molecule has 1 aromatic carbocycles. The number of hydrogen-bond acceptors (Lipinski definition) is 3. The molecule has 0 saturated carbocycles. The van der Waals surface area contributed by atoms with Crippen molar-refractivity contribution in [2.24, 2.45) is 4.99 Å². The Hall–Kier alpha value is -2.28. The van der Waals surface area contributed by atoms with Gasteiger partial charge in [0.2, 0.25) is 0 Å². The van der Waals surface area contributed by atoms with Crippen LogP contribution >= 0.6 is 0 Å². The molecule has 2 amide bonds. The lowest BCUT2D eigenvalue weighted by atomic mass is 10.2. The van der Waals surface area contributed by atoms with Crippen LogP contribution in [-0.2, 0) is 11.3 Å². The van der Waals surface area contributed by atoms with Crippen LogP contribution in [0.25, 0.3) is 0 Å². The monoisotopic (exact) mass is 361 g/mol. The van der Waals surface area contributed by atoms with E-state index in [1.165, 1.54) is 0 Å². The van der Waals surface area contributed by atoms with E-state index in [0.29, 0.717) is 6.54 Å². The van der Waals surface area contributed by atoms with Gasteiger partial charge in [0.25, 0.3) is 0 Å². The van der Waals surface area contributed by atoms with E-state index in [1.807, 2.05) is 45.0 Å². The van der Waals surface area contributed by atoms with Crippen LogP contribution < -0.4 is 21.3 Å². The van der Waals surface area contributed by atoms with Gasteiger partial charge in [-0.3, -0.25) is 0 Å². The number of nitrogens with zero attached hydrogens (tertiary/aromatic N) is 1. The molecule has 7 heteroatoms. The molecule has 1 aliphatic rings. The molecular weight excluding hydrogens is 330 g/mol. The van der Waals surface area contributed by atoms with Gasteiger partial charge in [0.1, 0.15) is 0 Å². The summed E-state index contributed by atoms with van der Waals surface area (Å²) in [5, 5.41) is 12.2. The first-order valence-corrected chi connectivity index (χ1v) is 9.37. The van der Waals surface area contributed by atoms with Gasteiger partial charge in [0.15, 0.2) is 5.96 Å². The topological polar surface area (TPSA) is 86.8 Å². The fourth-order valence-electron chi connectivity index (χ4n) is 2.65. The second-order valence-electron chi connectivity index (χ2n) is 6.66. The van der Waals surface area contributed by atoms with E-state index in [4.69, 9.17) is 4.74 Å². The van der Waals surface area contributed by atoms with Crippen molar-refractivity contribution < 1.29 is 9.53 Å². The summed E-state index contributed by atoms with van der Waals surface area (Å²) in [5.74, 6) is 0.793. The summed E-state index contributed by atoms with van der Waals surface area (Å²) in [6.07, 6.45) is 2.52. The van der Waals surface area contributed by atoms with Crippen molar-refractivity contribution in [3.05, 3.63) is 29.8 Å². The molecule has 144 valence electrons. The third-order valence-corrected chi connectivity index (χ3v) is 3.92. The zero-order chi connectivity index (χ0) is 18.8. The molecular formula is C19H31N5O2. The minimum atomic E-state index is -0.196. The van der Waals surface area contributed by atoms with Gasteiger partial charge in [-0.2, -0.15) is 0 Å². The highest BCUT2D eigenvalue weighted by molar-refractivity contribution is 5.89. The SMILES string of the molecule is CCNC(=NCc1ccc(NC(=O)NC(C)C)cc1)NCC1CCCO1. The Morgan fingerprint density at radius 1 is 1.27 bits per heavy atom. The molecule has 1 aromatic rings. The van der Waals surface area contributed by atoms with Crippen molar-refractivity contribution >= 4 is 17.7 Å². The molecule has 7 nitrogen and oxygen atoms in total.